The molecule has 1 aromatic carbocycles. The number of aromatic nitrogens is 1. The second-order valence-corrected chi connectivity index (χ2v) is 6.13. The van der Waals surface area contributed by atoms with E-state index >= 15 is 0 Å². The first-order valence-electron chi connectivity index (χ1n) is 9.06. The second kappa shape index (κ2) is 8.40. The Balaban J connectivity index is 1.99. The summed E-state index contributed by atoms with van der Waals surface area (Å²) in [5, 5.41) is 6.51. The van der Waals surface area contributed by atoms with E-state index in [1.807, 2.05) is 37.4 Å². The van der Waals surface area contributed by atoms with Crippen molar-refractivity contribution < 1.29 is 14.0 Å². The molecule has 2 aromatic heterocycles. The Kier molecular flexibility index (Phi) is 5.76. The number of hydrogen-bond acceptors (Lipinski definition) is 3. The van der Waals surface area contributed by atoms with Crippen LogP contribution in [0.2, 0.25) is 0 Å². The fourth-order valence-corrected chi connectivity index (χ4v) is 2.89. The van der Waals surface area contributed by atoms with Crippen molar-refractivity contribution in [3.05, 3.63) is 65.9 Å². The van der Waals surface area contributed by atoms with Gasteiger partial charge in [0.15, 0.2) is 5.76 Å². The fourth-order valence-electron chi connectivity index (χ4n) is 2.89. The Morgan fingerprint density at radius 3 is 2.67 bits per heavy atom. The number of amides is 2. The summed E-state index contributed by atoms with van der Waals surface area (Å²) in [5.74, 6) is -0.637. The van der Waals surface area contributed by atoms with Crippen molar-refractivity contribution in [2.45, 2.75) is 26.8 Å². The fraction of sp³-hybridized carbons (Fsp3) is 0.238. The summed E-state index contributed by atoms with van der Waals surface area (Å²) in [5.41, 5.74) is 2.13. The second-order valence-electron chi connectivity index (χ2n) is 6.13. The predicted molar refractivity (Wildman–Crippen MR) is 105 cm³/mol. The number of para-hydroxylation sites is 1. The van der Waals surface area contributed by atoms with Gasteiger partial charge in [-0.3, -0.25) is 9.59 Å². The van der Waals surface area contributed by atoms with Crippen LogP contribution in [-0.2, 0) is 11.3 Å². The molecule has 0 atom stereocenters. The normalized spacial score (nSPS) is 11.6. The first kappa shape index (κ1) is 18.5. The first-order chi connectivity index (χ1) is 13.1. The number of furan rings is 1. The standard InChI is InChI=1S/C21H23N3O3/c1-3-11-22-20(25)17(23-21(26)19-10-7-12-27-19)13-15-14-24(4-2)18-9-6-5-8-16(15)18/h5-10,12-14H,3-4,11H2,1-2H3,(H,22,25)(H,23,26)/b17-13-. The van der Waals surface area contributed by atoms with Crippen LogP contribution in [0.1, 0.15) is 36.4 Å². The zero-order chi connectivity index (χ0) is 19.2. The van der Waals surface area contributed by atoms with Crippen molar-refractivity contribution in [2.24, 2.45) is 0 Å². The van der Waals surface area contributed by atoms with Gasteiger partial charge in [0, 0.05) is 35.8 Å². The number of fused-ring (bicyclic) bond motifs is 1. The molecule has 2 N–H and O–H groups in total. The van der Waals surface area contributed by atoms with E-state index in [0.29, 0.717) is 6.54 Å². The number of benzene rings is 1. The van der Waals surface area contributed by atoms with Crippen LogP contribution in [0, 0.1) is 0 Å². The van der Waals surface area contributed by atoms with Gasteiger partial charge in [-0.05, 0) is 37.6 Å². The van der Waals surface area contributed by atoms with Crippen LogP contribution in [0.4, 0.5) is 0 Å². The molecule has 27 heavy (non-hydrogen) atoms. The zero-order valence-corrected chi connectivity index (χ0v) is 15.5. The Hall–Kier alpha value is -3.28. The summed E-state index contributed by atoms with van der Waals surface area (Å²) in [4.78, 5) is 25.0. The lowest BCUT2D eigenvalue weighted by Crippen LogP contribution is -2.35. The Morgan fingerprint density at radius 1 is 1.15 bits per heavy atom. The van der Waals surface area contributed by atoms with Crippen molar-refractivity contribution in [1.82, 2.24) is 15.2 Å². The molecule has 2 amide bonds. The monoisotopic (exact) mass is 365 g/mol. The van der Waals surface area contributed by atoms with E-state index in [1.165, 1.54) is 6.26 Å². The Bertz CT molecular complexity index is 968. The van der Waals surface area contributed by atoms with Gasteiger partial charge in [-0.25, -0.2) is 0 Å². The highest BCUT2D eigenvalue weighted by Crippen LogP contribution is 2.23. The minimum absolute atomic E-state index is 0.153. The highest BCUT2D eigenvalue weighted by atomic mass is 16.3. The number of aryl methyl sites for hydroxylation is 1. The highest BCUT2D eigenvalue weighted by molar-refractivity contribution is 6.05. The maximum absolute atomic E-state index is 12.6. The van der Waals surface area contributed by atoms with E-state index < -0.39 is 5.91 Å². The molecule has 2 heterocycles. The van der Waals surface area contributed by atoms with Gasteiger partial charge in [-0.1, -0.05) is 25.1 Å². The molecule has 0 bridgehead atoms. The van der Waals surface area contributed by atoms with Crippen LogP contribution in [0.5, 0.6) is 0 Å². The average molecular weight is 365 g/mol. The first-order valence-corrected chi connectivity index (χ1v) is 9.06. The van der Waals surface area contributed by atoms with Gasteiger partial charge in [0.05, 0.1) is 6.26 Å². The number of hydrogen-bond donors (Lipinski definition) is 2. The van der Waals surface area contributed by atoms with E-state index in [9.17, 15) is 9.59 Å². The molecular formula is C21H23N3O3. The van der Waals surface area contributed by atoms with Crippen LogP contribution >= 0.6 is 0 Å². The molecule has 0 aliphatic heterocycles. The molecular weight excluding hydrogens is 342 g/mol. The van der Waals surface area contributed by atoms with E-state index in [2.05, 4.69) is 22.1 Å². The average Bonchev–Trinajstić information content (AvgIpc) is 3.34. The predicted octanol–water partition coefficient (Wildman–Crippen LogP) is 3.55. The molecule has 0 aliphatic rings. The minimum Gasteiger partial charge on any atom is -0.459 e. The van der Waals surface area contributed by atoms with Crippen molar-refractivity contribution >= 4 is 28.8 Å². The van der Waals surface area contributed by atoms with E-state index in [1.54, 1.807) is 18.2 Å². The van der Waals surface area contributed by atoms with Crippen molar-refractivity contribution in [1.29, 1.82) is 0 Å². The minimum atomic E-state index is -0.461. The van der Waals surface area contributed by atoms with Crippen molar-refractivity contribution in [3.63, 3.8) is 0 Å². The van der Waals surface area contributed by atoms with Gasteiger partial charge in [-0.2, -0.15) is 0 Å². The zero-order valence-electron chi connectivity index (χ0n) is 15.5. The van der Waals surface area contributed by atoms with Crippen LogP contribution in [0.15, 0.2) is 59.0 Å². The van der Waals surface area contributed by atoms with Gasteiger partial charge in [0.1, 0.15) is 5.70 Å². The molecule has 0 fully saturated rings. The van der Waals surface area contributed by atoms with E-state index in [0.717, 1.165) is 29.4 Å². The Morgan fingerprint density at radius 2 is 1.96 bits per heavy atom. The molecule has 3 rings (SSSR count). The third-order valence-corrected chi connectivity index (χ3v) is 4.23. The number of rotatable bonds is 7. The summed E-state index contributed by atoms with van der Waals surface area (Å²) >= 11 is 0. The van der Waals surface area contributed by atoms with Gasteiger partial charge >= 0.3 is 0 Å². The number of nitrogens with one attached hydrogen (secondary N) is 2. The van der Waals surface area contributed by atoms with Gasteiger partial charge in [-0.15, -0.1) is 0 Å². The SMILES string of the molecule is CCCNC(=O)/C(=C/c1cn(CC)c2ccccc12)NC(=O)c1ccco1. The Labute approximate surface area is 157 Å². The van der Waals surface area contributed by atoms with Gasteiger partial charge < -0.3 is 19.6 Å². The van der Waals surface area contributed by atoms with Crippen molar-refractivity contribution in [2.75, 3.05) is 6.54 Å². The molecule has 6 heteroatoms. The number of nitrogens with zero attached hydrogens (tertiary/aromatic N) is 1. The summed E-state index contributed by atoms with van der Waals surface area (Å²) in [7, 11) is 0. The summed E-state index contributed by atoms with van der Waals surface area (Å²) < 4.78 is 7.23. The van der Waals surface area contributed by atoms with Gasteiger partial charge in [0.2, 0.25) is 0 Å². The maximum Gasteiger partial charge on any atom is 0.291 e. The van der Waals surface area contributed by atoms with Crippen LogP contribution in [0.25, 0.3) is 17.0 Å². The van der Waals surface area contributed by atoms with E-state index in [4.69, 9.17) is 4.42 Å². The highest BCUT2D eigenvalue weighted by Gasteiger charge is 2.17. The van der Waals surface area contributed by atoms with Crippen LogP contribution in [0.3, 0.4) is 0 Å². The lowest BCUT2D eigenvalue weighted by Gasteiger charge is -2.09. The molecule has 0 radical (unpaired) electrons. The molecule has 0 unspecified atom stereocenters. The number of carbonyl (C=O) groups excluding carboxylic acids is 2. The summed E-state index contributed by atoms with van der Waals surface area (Å²) in [6.45, 7) is 5.38. The van der Waals surface area contributed by atoms with Crippen molar-refractivity contribution in [3.8, 4) is 0 Å². The maximum atomic E-state index is 12.6. The lowest BCUT2D eigenvalue weighted by atomic mass is 10.1. The topological polar surface area (TPSA) is 76.3 Å². The molecule has 0 saturated heterocycles. The summed E-state index contributed by atoms with van der Waals surface area (Å²) in [6.07, 6.45) is 5.92. The molecule has 6 nitrogen and oxygen atoms in total. The third kappa shape index (κ3) is 4.11. The molecule has 0 spiro atoms. The van der Waals surface area contributed by atoms with Crippen LogP contribution < -0.4 is 10.6 Å². The molecule has 0 aliphatic carbocycles. The smallest absolute Gasteiger partial charge is 0.291 e. The number of carbonyl (C=O) groups is 2. The quantitative estimate of drug-likeness (QED) is 0.629. The molecule has 140 valence electrons. The van der Waals surface area contributed by atoms with E-state index in [-0.39, 0.29) is 17.4 Å². The third-order valence-electron chi connectivity index (χ3n) is 4.23. The van der Waals surface area contributed by atoms with Crippen LogP contribution in [-0.4, -0.2) is 22.9 Å². The summed E-state index contributed by atoms with van der Waals surface area (Å²) in [6, 6.07) is 11.2. The van der Waals surface area contributed by atoms with Gasteiger partial charge in [0.25, 0.3) is 11.8 Å². The molecule has 0 saturated carbocycles. The largest absolute Gasteiger partial charge is 0.459 e. The molecule has 3 aromatic rings. The lowest BCUT2D eigenvalue weighted by molar-refractivity contribution is -0.117.